The number of piperidine rings is 1. The molecule has 3 rings (SSSR count). The topological polar surface area (TPSA) is 61.8 Å². The maximum atomic E-state index is 13.0. The predicted molar refractivity (Wildman–Crippen MR) is 103 cm³/mol. The molecule has 2 N–H and O–H groups in total. The molecule has 1 heterocycles. The summed E-state index contributed by atoms with van der Waals surface area (Å²) in [5.74, 6) is 0.605. The number of nitrogens with one attached hydrogen (secondary N) is 1. The SMILES string of the molecule is COc1ccc(C2(O)CCN(C(=O)Nc3cc(C(F)(F)F)cc(C(F)(F)F)c3)CC2)cc1. The van der Waals surface area contributed by atoms with Crippen molar-refractivity contribution in [1.82, 2.24) is 4.90 Å². The molecule has 1 aliphatic rings. The lowest BCUT2D eigenvalue weighted by molar-refractivity contribution is -0.143. The fourth-order valence-corrected chi connectivity index (χ4v) is 3.50. The summed E-state index contributed by atoms with van der Waals surface area (Å²) in [6.45, 7) is 0.110. The second-order valence-electron chi connectivity index (χ2n) is 7.47. The van der Waals surface area contributed by atoms with Crippen LogP contribution in [0.15, 0.2) is 42.5 Å². The lowest BCUT2D eigenvalue weighted by atomic mass is 9.84. The molecule has 5 nitrogen and oxygen atoms in total. The molecule has 0 bridgehead atoms. The molecule has 1 fully saturated rings. The average Bonchev–Trinajstić information content (AvgIpc) is 2.73. The summed E-state index contributed by atoms with van der Waals surface area (Å²) in [6.07, 6.45) is -9.74. The molecule has 1 saturated heterocycles. The number of amides is 2. The second-order valence-corrected chi connectivity index (χ2v) is 7.47. The molecule has 0 aromatic heterocycles. The average molecular weight is 462 g/mol. The normalized spacial score (nSPS) is 16.6. The van der Waals surface area contributed by atoms with Crippen LogP contribution in [0, 0.1) is 0 Å². The van der Waals surface area contributed by atoms with E-state index in [2.05, 4.69) is 5.32 Å². The van der Waals surface area contributed by atoms with Gasteiger partial charge in [0.25, 0.3) is 0 Å². The number of halogens is 6. The number of aliphatic hydroxyl groups is 1. The standard InChI is InChI=1S/C21H20F6N2O3/c1-32-17-4-2-13(3-5-17)19(31)6-8-29(9-7-19)18(30)28-16-11-14(20(22,23)24)10-15(12-16)21(25,26)27/h2-5,10-12,31H,6-9H2,1H3,(H,28,30). The van der Waals surface area contributed by atoms with Gasteiger partial charge < -0.3 is 20.1 Å². The van der Waals surface area contributed by atoms with Crippen molar-refractivity contribution < 1.29 is 41.0 Å². The Labute approximate surface area is 179 Å². The molecule has 11 heteroatoms. The van der Waals surface area contributed by atoms with E-state index in [0.717, 1.165) is 0 Å². The zero-order chi connectivity index (χ0) is 23.7. The van der Waals surface area contributed by atoms with E-state index in [4.69, 9.17) is 4.74 Å². The smallest absolute Gasteiger partial charge is 0.416 e. The Morgan fingerprint density at radius 3 is 1.91 bits per heavy atom. The number of hydrogen-bond acceptors (Lipinski definition) is 3. The summed E-state index contributed by atoms with van der Waals surface area (Å²) in [6, 6.07) is 6.78. The number of benzene rings is 2. The zero-order valence-electron chi connectivity index (χ0n) is 16.8. The third-order valence-corrected chi connectivity index (χ3v) is 5.34. The van der Waals surface area contributed by atoms with E-state index < -0.39 is 40.8 Å². The summed E-state index contributed by atoms with van der Waals surface area (Å²) < 4.78 is 83.0. The Balaban J connectivity index is 1.72. The summed E-state index contributed by atoms with van der Waals surface area (Å²) >= 11 is 0. The summed E-state index contributed by atoms with van der Waals surface area (Å²) in [5.41, 5.74) is -4.26. The van der Waals surface area contributed by atoms with Gasteiger partial charge in [-0.05, 0) is 48.7 Å². The summed E-state index contributed by atoms with van der Waals surface area (Å²) in [5, 5.41) is 13.0. The van der Waals surface area contributed by atoms with Crippen molar-refractivity contribution in [3.8, 4) is 5.75 Å². The van der Waals surface area contributed by atoms with Crippen molar-refractivity contribution >= 4 is 11.7 Å². The Kier molecular flexibility index (Phi) is 6.32. The van der Waals surface area contributed by atoms with E-state index in [9.17, 15) is 36.2 Å². The van der Waals surface area contributed by atoms with Crippen molar-refractivity contribution in [2.75, 3.05) is 25.5 Å². The maximum absolute atomic E-state index is 13.0. The molecule has 2 aromatic carbocycles. The highest BCUT2D eigenvalue weighted by atomic mass is 19.4. The molecule has 0 aliphatic carbocycles. The van der Waals surface area contributed by atoms with Crippen LogP contribution in [0.5, 0.6) is 5.75 Å². The third kappa shape index (κ3) is 5.26. The molecular formula is C21H20F6N2O3. The van der Waals surface area contributed by atoms with Gasteiger partial charge in [0.15, 0.2) is 0 Å². The van der Waals surface area contributed by atoms with Gasteiger partial charge in [-0.15, -0.1) is 0 Å². The Hall–Kier alpha value is -2.95. The summed E-state index contributed by atoms with van der Waals surface area (Å²) in [4.78, 5) is 13.7. The van der Waals surface area contributed by atoms with E-state index in [1.165, 1.54) is 12.0 Å². The largest absolute Gasteiger partial charge is 0.497 e. The fourth-order valence-electron chi connectivity index (χ4n) is 3.50. The van der Waals surface area contributed by atoms with Gasteiger partial charge in [0, 0.05) is 18.8 Å². The van der Waals surface area contributed by atoms with Gasteiger partial charge in [-0.2, -0.15) is 26.3 Å². The van der Waals surface area contributed by atoms with Crippen LogP contribution in [-0.2, 0) is 18.0 Å². The predicted octanol–water partition coefficient (Wildman–Crippen LogP) is 5.25. The van der Waals surface area contributed by atoms with Gasteiger partial charge >= 0.3 is 18.4 Å². The fraction of sp³-hybridized carbons (Fsp3) is 0.381. The molecule has 0 radical (unpaired) electrons. The van der Waals surface area contributed by atoms with Crippen molar-refractivity contribution in [2.45, 2.75) is 30.8 Å². The highest BCUT2D eigenvalue weighted by Crippen LogP contribution is 2.38. The van der Waals surface area contributed by atoms with Crippen molar-refractivity contribution in [1.29, 1.82) is 0 Å². The molecule has 0 spiro atoms. The first-order valence-electron chi connectivity index (χ1n) is 9.54. The summed E-state index contributed by atoms with van der Waals surface area (Å²) in [7, 11) is 1.50. The van der Waals surface area contributed by atoms with Gasteiger partial charge in [0.1, 0.15) is 5.75 Å². The number of carbonyl (C=O) groups is 1. The van der Waals surface area contributed by atoms with E-state index in [-0.39, 0.29) is 32.0 Å². The number of methoxy groups -OCH3 is 1. The molecule has 2 amide bonds. The van der Waals surface area contributed by atoms with E-state index >= 15 is 0 Å². The van der Waals surface area contributed by atoms with Crippen LogP contribution in [0.4, 0.5) is 36.8 Å². The molecular weight excluding hydrogens is 442 g/mol. The monoisotopic (exact) mass is 462 g/mol. The van der Waals surface area contributed by atoms with Crippen LogP contribution in [-0.4, -0.2) is 36.2 Å². The third-order valence-electron chi connectivity index (χ3n) is 5.34. The number of ether oxygens (including phenoxy) is 1. The molecule has 174 valence electrons. The molecule has 0 unspecified atom stereocenters. The molecule has 32 heavy (non-hydrogen) atoms. The number of likely N-dealkylation sites (tertiary alicyclic amines) is 1. The number of hydrogen-bond donors (Lipinski definition) is 2. The van der Waals surface area contributed by atoms with Crippen LogP contribution in [0.2, 0.25) is 0 Å². The van der Waals surface area contributed by atoms with Crippen LogP contribution >= 0.6 is 0 Å². The first-order valence-corrected chi connectivity index (χ1v) is 9.54. The minimum absolute atomic E-state index is 0.00841. The van der Waals surface area contributed by atoms with Crippen LogP contribution in [0.1, 0.15) is 29.5 Å². The van der Waals surface area contributed by atoms with E-state index in [1.54, 1.807) is 24.3 Å². The minimum atomic E-state index is -5.01. The molecule has 2 aromatic rings. The highest BCUT2D eigenvalue weighted by Gasteiger charge is 2.38. The van der Waals surface area contributed by atoms with Gasteiger partial charge in [-0.3, -0.25) is 0 Å². The van der Waals surface area contributed by atoms with Crippen LogP contribution in [0.3, 0.4) is 0 Å². The number of rotatable bonds is 3. The lowest BCUT2D eigenvalue weighted by Gasteiger charge is -2.38. The van der Waals surface area contributed by atoms with Gasteiger partial charge in [0.05, 0.1) is 23.8 Å². The van der Waals surface area contributed by atoms with Gasteiger partial charge in [-0.1, -0.05) is 12.1 Å². The quantitative estimate of drug-likeness (QED) is 0.613. The van der Waals surface area contributed by atoms with Gasteiger partial charge in [-0.25, -0.2) is 4.79 Å². The minimum Gasteiger partial charge on any atom is -0.497 e. The van der Waals surface area contributed by atoms with Crippen molar-refractivity contribution in [3.05, 3.63) is 59.2 Å². The zero-order valence-corrected chi connectivity index (χ0v) is 16.8. The number of anilines is 1. The van der Waals surface area contributed by atoms with Crippen molar-refractivity contribution in [2.24, 2.45) is 0 Å². The Bertz CT molecular complexity index is 933. The van der Waals surface area contributed by atoms with Crippen molar-refractivity contribution in [3.63, 3.8) is 0 Å². The molecule has 0 atom stereocenters. The Morgan fingerprint density at radius 2 is 1.47 bits per heavy atom. The van der Waals surface area contributed by atoms with Gasteiger partial charge in [0.2, 0.25) is 0 Å². The first-order chi connectivity index (χ1) is 14.8. The number of nitrogens with zero attached hydrogens (tertiary/aromatic N) is 1. The van der Waals surface area contributed by atoms with E-state index in [0.29, 0.717) is 23.4 Å². The second kappa shape index (κ2) is 8.53. The van der Waals surface area contributed by atoms with E-state index in [1.807, 2.05) is 0 Å². The van der Waals surface area contributed by atoms with Crippen LogP contribution in [0.25, 0.3) is 0 Å². The van der Waals surface area contributed by atoms with Crippen LogP contribution < -0.4 is 10.1 Å². The highest BCUT2D eigenvalue weighted by molar-refractivity contribution is 5.89. The number of carbonyl (C=O) groups excluding carboxylic acids is 1. The Morgan fingerprint density at radius 1 is 0.969 bits per heavy atom. The maximum Gasteiger partial charge on any atom is 0.416 e. The number of urea groups is 1. The number of alkyl halides is 6. The molecule has 1 aliphatic heterocycles. The molecule has 0 saturated carbocycles. The lowest BCUT2D eigenvalue weighted by Crippen LogP contribution is -2.46. The first kappa shape index (κ1) is 23.7.